The largest absolute Gasteiger partial charge is 0.432 e. The third-order valence-electron chi connectivity index (χ3n) is 25.2. The second-order valence-electron chi connectivity index (χ2n) is 31.4. The highest BCUT2D eigenvalue weighted by molar-refractivity contribution is 5.79. The third-order valence-corrected chi connectivity index (χ3v) is 25.2. The maximum absolute atomic E-state index is 15.3. The first-order chi connectivity index (χ1) is 44.5. The van der Waals surface area contributed by atoms with E-state index in [0.717, 1.165) is 19.3 Å². The number of esters is 1. The second-order valence-corrected chi connectivity index (χ2v) is 31.4. The molecule has 6 saturated heterocycles. The average molecular weight is 1370 g/mol. The molecular formula is C65H106O30. The SMILES string of the molecule is C[C@@H]1O[C@@H](O[C@H]2[C@H](O[C@H]3CC[C@]4(C)[C@H]5CC=C6[C@@H]7CC(C)(C)CC[C@]7(C(=O)O[C@@H]7O[C@H](CO[C@@H]8O[C@H](CO)[C@@H](O[C@@H]9O[C@@H](C)[C@H](O)[C@@H](O)[C@H]9O)[C@H](O)[C@H]8O)[C@@H](O)[C@H](O)[C@H]7O)CC[C@@]6(C)[C@]5(C)CC[C@H]4C3(C)C)OC[C@H](O[C@@H]3O[C@H](CO)[C@H](O)[C@H](O)[C@H]3O)[C@@H]2O)[C@H](O)[C@H](O)[C@H]1O. The highest BCUT2D eigenvalue weighted by atomic mass is 16.8. The van der Waals surface area contributed by atoms with Gasteiger partial charge in [0.15, 0.2) is 31.5 Å². The smallest absolute Gasteiger partial charge is 0.315 e. The summed E-state index contributed by atoms with van der Waals surface area (Å²) >= 11 is 0. The molecule has 0 aromatic heterocycles. The number of carbonyl (C=O) groups excluding carboxylic acids is 1. The molecule has 6 aliphatic heterocycles. The summed E-state index contributed by atoms with van der Waals surface area (Å²) < 4.78 is 72.0. The van der Waals surface area contributed by atoms with Crippen molar-refractivity contribution in [2.45, 2.75) is 311 Å². The van der Waals surface area contributed by atoms with Crippen LogP contribution in [0.15, 0.2) is 11.6 Å². The van der Waals surface area contributed by atoms with Gasteiger partial charge in [0.25, 0.3) is 0 Å². The summed E-state index contributed by atoms with van der Waals surface area (Å²) in [7, 11) is 0. The fourth-order valence-corrected chi connectivity index (χ4v) is 19.0. The predicted molar refractivity (Wildman–Crippen MR) is 319 cm³/mol. The molecule has 95 heavy (non-hydrogen) atoms. The number of fused-ring (bicyclic) bond motifs is 7. The number of allylic oxidation sites excluding steroid dienone is 2. The summed E-state index contributed by atoms with van der Waals surface area (Å²) in [5.74, 6) is -0.696. The van der Waals surface area contributed by atoms with E-state index < -0.39 is 226 Å². The molecule has 37 atom stereocenters. The minimum Gasteiger partial charge on any atom is -0.432 e. The summed E-state index contributed by atoms with van der Waals surface area (Å²) in [5, 5.41) is 184. The first-order valence-electron chi connectivity index (χ1n) is 34.0. The van der Waals surface area contributed by atoms with Crippen LogP contribution in [0.5, 0.6) is 0 Å². The van der Waals surface area contributed by atoms with Crippen molar-refractivity contribution in [3.8, 4) is 0 Å². The van der Waals surface area contributed by atoms with Crippen LogP contribution in [0.2, 0.25) is 0 Å². The molecule has 0 aromatic carbocycles. The van der Waals surface area contributed by atoms with Crippen molar-refractivity contribution < 1.29 is 148 Å². The number of hydrogen-bond acceptors (Lipinski definition) is 30. The average Bonchev–Trinajstić information content (AvgIpc) is 0.679. The number of aliphatic hydroxyl groups excluding tert-OH is 17. The van der Waals surface area contributed by atoms with E-state index in [0.29, 0.717) is 44.9 Å². The number of rotatable bonds is 15. The maximum atomic E-state index is 15.3. The van der Waals surface area contributed by atoms with Crippen molar-refractivity contribution in [3.63, 3.8) is 0 Å². The van der Waals surface area contributed by atoms with Crippen LogP contribution in [0.3, 0.4) is 0 Å². The molecule has 11 aliphatic rings. The van der Waals surface area contributed by atoms with Gasteiger partial charge in [0, 0.05) is 0 Å². The first-order valence-corrected chi connectivity index (χ1v) is 34.0. The minimum atomic E-state index is -1.91. The van der Waals surface area contributed by atoms with Crippen molar-refractivity contribution in [1.82, 2.24) is 0 Å². The molecule has 0 aromatic rings. The summed E-state index contributed by atoms with van der Waals surface area (Å²) in [6, 6.07) is 0. The van der Waals surface area contributed by atoms with Gasteiger partial charge in [-0.2, -0.15) is 0 Å². The zero-order valence-electron chi connectivity index (χ0n) is 55.4. The number of aliphatic hydroxyl groups is 17. The van der Waals surface area contributed by atoms with Gasteiger partial charge in [-0.3, -0.25) is 4.79 Å². The van der Waals surface area contributed by atoms with E-state index in [4.69, 9.17) is 56.8 Å². The van der Waals surface area contributed by atoms with Gasteiger partial charge in [-0.05, 0) is 123 Å². The van der Waals surface area contributed by atoms with E-state index in [2.05, 4.69) is 54.5 Å². The molecule has 0 bridgehead atoms. The molecule has 0 amide bonds. The quantitative estimate of drug-likeness (QED) is 0.0426. The Balaban J connectivity index is 0.779. The molecule has 10 fully saturated rings. The normalized spacial score (nSPS) is 54.6. The van der Waals surface area contributed by atoms with Crippen LogP contribution in [0, 0.1) is 50.2 Å². The molecule has 6 heterocycles. The molecular weight excluding hydrogens is 1260 g/mol. The summed E-state index contributed by atoms with van der Waals surface area (Å²) in [4.78, 5) is 15.3. The van der Waals surface area contributed by atoms with Gasteiger partial charge in [0.1, 0.15) is 128 Å². The number of carbonyl (C=O) groups is 1. The molecule has 17 N–H and O–H groups in total. The van der Waals surface area contributed by atoms with Crippen molar-refractivity contribution in [3.05, 3.63) is 11.6 Å². The van der Waals surface area contributed by atoms with Gasteiger partial charge in [0.05, 0.1) is 50.2 Å². The van der Waals surface area contributed by atoms with Gasteiger partial charge in [-0.15, -0.1) is 0 Å². The standard InChI is InChI=1S/C65H106O30/c1-25-36(68)41(73)46(78)54(86-25)93-51-30(22-67)89-53(50(82)45(51)77)84-23-31-39(71)44(76)49(81)57(90-31)95-59(83)65-18-16-60(3,4)20-28(65)27-10-11-34-62(7)14-13-35(61(5,6)33(62)12-15-64(34,9)63(27,8)17-19-65)92-58-52(94-55-47(79)42(74)37(69)26(2)87-55)40(72)32(24-85-58)91-56-48(80)43(75)38(70)29(21-66)88-56/h10,25-26,28-58,66-82H,11-24H2,1-9H3/t25-,26-,28-,29+,30+,31+,32-,33-,34+,35-,36-,37-,38-,39+,40-,41+,42+,43-,44-,45+,46+,47+,48+,49+,50+,51+,52+,53+,54-,55-,56-,57-,58-,62-,63+,64+,65-/m0/s1. The van der Waals surface area contributed by atoms with Gasteiger partial charge < -0.3 is 144 Å². The Morgan fingerprint density at radius 2 is 1.02 bits per heavy atom. The Kier molecular flexibility index (Phi) is 21.7. The van der Waals surface area contributed by atoms with Crippen LogP contribution in [0.1, 0.15) is 127 Å². The second kappa shape index (κ2) is 27.7. The lowest BCUT2D eigenvalue weighted by atomic mass is 9.33. The predicted octanol–water partition coefficient (Wildman–Crippen LogP) is -3.69. The van der Waals surface area contributed by atoms with E-state index in [1.807, 2.05) is 0 Å². The topological polar surface area (TPSA) is 472 Å². The lowest BCUT2D eigenvalue weighted by molar-refractivity contribution is -0.380. The lowest BCUT2D eigenvalue weighted by Crippen LogP contribution is -2.66. The number of hydrogen-bond donors (Lipinski definition) is 17. The molecule has 0 unspecified atom stereocenters. The van der Waals surface area contributed by atoms with E-state index in [1.165, 1.54) is 19.4 Å². The lowest BCUT2D eigenvalue weighted by Gasteiger charge is -2.71. The van der Waals surface area contributed by atoms with Crippen LogP contribution >= 0.6 is 0 Å². The van der Waals surface area contributed by atoms with E-state index in [1.54, 1.807) is 0 Å². The molecule has 0 spiro atoms. The van der Waals surface area contributed by atoms with Crippen LogP contribution in [0.4, 0.5) is 0 Å². The fourth-order valence-electron chi connectivity index (χ4n) is 19.0. The van der Waals surface area contributed by atoms with E-state index in [-0.39, 0.29) is 40.6 Å². The van der Waals surface area contributed by atoms with Crippen LogP contribution in [-0.4, -0.2) is 303 Å². The van der Waals surface area contributed by atoms with Crippen molar-refractivity contribution in [1.29, 1.82) is 0 Å². The summed E-state index contributed by atoms with van der Waals surface area (Å²) in [6.45, 7) is 16.2. The van der Waals surface area contributed by atoms with Gasteiger partial charge in [0.2, 0.25) is 6.29 Å². The minimum absolute atomic E-state index is 0.0735. The van der Waals surface area contributed by atoms with E-state index >= 15 is 4.79 Å². The van der Waals surface area contributed by atoms with Crippen molar-refractivity contribution >= 4 is 5.97 Å². The van der Waals surface area contributed by atoms with Gasteiger partial charge >= 0.3 is 5.97 Å². The Bertz CT molecular complexity index is 2670. The highest BCUT2D eigenvalue weighted by Crippen LogP contribution is 2.76. The zero-order chi connectivity index (χ0) is 69.3. The van der Waals surface area contributed by atoms with Crippen molar-refractivity contribution in [2.75, 3.05) is 26.4 Å². The molecule has 4 saturated carbocycles. The Hall–Kier alpha value is -1.91. The zero-order valence-corrected chi connectivity index (χ0v) is 55.4. The fraction of sp³-hybridized carbons (Fsp3) is 0.954. The molecule has 30 heteroatoms. The van der Waals surface area contributed by atoms with Gasteiger partial charge in [-0.25, -0.2) is 0 Å². The number of ether oxygens (including phenoxy) is 12. The Morgan fingerprint density at radius 1 is 0.495 bits per heavy atom. The molecule has 0 radical (unpaired) electrons. The Labute approximate surface area is 551 Å². The van der Waals surface area contributed by atoms with Crippen LogP contribution in [0.25, 0.3) is 0 Å². The summed E-state index contributed by atoms with van der Waals surface area (Å²) in [5.41, 5.74) is -1.58. The first kappa shape index (κ1) is 74.3. The molecule has 546 valence electrons. The molecule has 11 rings (SSSR count). The monoisotopic (exact) mass is 1370 g/mol. The molecule has 30 nitrogen and oxygen atoms in total. The van der Waals surface area contributed by atoms with Crippen LogP contribution < -0.4 is 0 Å². The van der Waals surface area contributed by atoms with Gasteiger partial charge in [-0.1, -0.05) is 60.1 Å². The molecule has 5 aliphatic carbocycles. The van der Waals surface area contributed by atoms with E-state index in [9.17, 15) is 86.8 Å². The Morgan fingerprint density at radius 3 is 1.63 bits per heavy atom. The highest BCUT2D eigenvalue weighted by Gasteiger charge is 2.71. The van der Waals surface area contributed by atoms with Crippen LogP contribution in [-0.2, 0) is 61.6 Å². The van der Waals surface area contributed by atoms with Crippen molar-refractivity contribution in [2.24, 2.45) is 50.2 Å². The maximum Gasteiger partial charge on any atom is 0.315 e. The third kappa shape index (κ3) is 12.9. The summed E-state index contributed by atoms with van der Waals surface area (Å²) in [6.07, 6.45) is -38.3.